The quantitative estimate of drug-likeness (QED) is 0.692. The molecule has 5 heteroatoms. The topological polar surface area (TPSA) is 55.6 Å². The lowest BCUT2D eigenvalue weighted by Crippen LogP contribution is -2.25. The SMILES string of the molecule is CON(C)C(=O)c1cc(-c2ccco2)nc2ccccc12. The Balaban J connectivity index is 2.23. The Morgan fingerprint density at radius 2 is 2.05 bits per heavy atom. The minimum atomic E-state index is -0.232. The number of hydrogen-bond acceptors (Lipinski definition) is 4. The van der Waals surface area contributed by atoms with Gasteiger partial charge in [-0.1, -0.05) is 18.2 Å². The van der Waals surface area contributed by atoms with Crippen molar-refractivity contribution in [3.8, 4) is 11.5 Å². The van der Waals surface area contributed by atoms with Crippen LogP contribution in [-0.4, -0.2) is 30.1 Å². The molecule has 1 aromatic carbocycles. The molecule has 3 rings (SSSR count). The highest BCUT2D eigenvalue weighted by atomic mass is 16.7. The van der Waals surface area contributed by atoms with Gasteiger partial charge in [0.25, 0.3) is 5.91 Å². The fraction of sp³-hybridized carbons (Fsp3) is 0.125. The van der Waals surface area contributed by atoms with Gasteiger partial charge < -0.3 is 4.42 Å². The fourth-order valence-electron chi connectivity index (χ4n) is 2.16. The Hall–Kier alpha value is -2.66. The van der Waals surface area contributed by atoms with E-state index in [0.717, 1.165) is 10.9 Å². The highest BCUT2D eigenvalue weighted by molar-refractivity contribution is 6.06. The first kappa shape index (κ1) is 13.3. The molecule has 0 saturated carbocycles. The van der Waals surface area contributed by atoms with Crippen LogP contribution in [0.5, 0.6) is 0 Å². The third-order valence-electron chi connectivity index (χ3n) is 3.28. The number of para-hydroxylation sites is 1. The monoisotopic (exact) mass is 282 g/mol. The van der Waals surface area contributed by atoms with E-state index >= 15 is 0 Å². The van der Waals surface area contributed by atoms with E-state index in [-0.39, 0.29) is 5.91 Å². The zero-order chi connectivity index (χ0) is 14.8. The van der Waals surface area contributed by atoms with E-state index in [1.807, 2.05) is 30.3 Å². The van der Waals surface area contributed by atoms with Crippen molar-refractivity contribution in [1.82, 2.24) is 10.0 Å². The Morgan fingerprint density at radius 3 is 2.76 bits per heavy atom. The second-order valence-electron chi connectivity index (χ2n) is 4.53. The van der Waals surface area contributed by atoms with E-state index in [1.165, 1.54) is 12.2 Å². The number of hydrogen-bond donors (Lipinski definition) is 0. The Labute approximate surface area is 121 Å². The summed E-state index contributed by atoms with van der Waals surface area (Å²) >= 11 is 0. The molecule has 2 aromatic heterocycles. The van der Waals surface area contributed by atoms with Gasteiger partial charge in [0.1, 0.15) is 5.69 Å². The highest BCUT2D eigenvalue weighted by Gasteiger charge is 2.18. The van der Waals surface area contributed by atoms with Crippen molar-refractivity contribution in [2.45, 2.75) is 0 Å². The summed E-state index contributed by atoms with van der Waals surface area (Å²) in [6.45, 7) is 0. The van der Waals surface area contributed by atoms with E-state index < -0.39 is 0 Å². The van der Waals surface area contributed by atoms with E-state index in [9.17, 15) is 4.79 Å². The van der Waals surface area contributed by atoms with Crippen molar-refractivity contribution in [1.29, 1.82) is 0 Å². The molecular weight excluding hydrogens is 268 g/mol. The molecular formula is C16H14N2O3. The third-order valence-corrected chi connectivity index (χ3v) is 3.28. The molecule has 0 unspecified atom stereocenters. The first-order chi connectivity index (χ1) is 10.2. The van der Waals surface area contributed by atoms with Gasteiger partial charge in [-0.05, 0) is 24.3 Å². The number of fused-ring (bicyclic) bond motifs is 1. The number of hydroxylamine groups is 2. The molecule has 1 amide bonds. The number of amides is 1. The average Bonchev–Trinajstić information content (AvgIpc) is 3.06. The van der Waals surface area contributed by atoms with Gasteiger partial charge in [0.05, 0.1) is 24.5 Å². The van der Waals surface area contributed by atoms with Gasteiger partial charge in [-0.2, -0.15) is 0 Å². The van der Waals surface area contributed by atoms with E-state index in [2.05, 4.69) is 4.98 Å². The molecule has 5 nitrogen and oxygen atoms in total. The molecule has 0 fully saturated rings. The summed E-state index contributed by atoms with van der Waals surface area (Å²) in [5.74, 6) is 0.388. The maximum atomic E-state index is 12.5. The lowest BCUT2D eigenvalue weighted by molar-refractivity contribution is -0.0755. The fourth-order valence-corrected chi connectivity index (χ4v) is 2.16. The molecule has 106 valence electrons. The number of furan rings is 1. The largest absolute Gasteiger partial charge is 0.463 e. The van der Waals surface area contributed by atoms with Crippen LogP contribution < -0.4 is 0 Å². The summed E-state index contributed by atoms with van der Waals surface area (Å²) in [7, 11) is 3.03. The molecule has 0 aliphatic heterocycles. The Morgan fingerprint density at radius 1 is 1.24 bits per heavy atom. The first-order valence-electron chi connectivity index (χ1n) is 6.46. The van der Waals surface area contributed by atoms with Gasteiger partial charge in [0.2, 0.25) is 0 Å². The third kappa shape index (κ3) is 2.39. The van der Waals surface area contributed by atoms with Crippen LogP contribution in [0.15, 0.2) is 53.1 Å². The number of pyridine rings is 1. The maximum absolute atomic E-state index is 12.5. The number of benzene rings is 1. The molecule has 0 N–H and O–H groups in total. The van der Waals surface area contributed by atoms with Crippen LogP contribution in [-0.2, 0) is 4.84 Å². The van der Waals surface area contributed by atoms with E-state index in [0.29, 0.717) is 17.0 Å². The van der Waals surface area contributed by atoms with Crippen molar-refractivity contribution >= 4 is 16.8 Å². The van der Waals surface area contributed by atoms with Crippen LogP contribution in [0.1, 0.15) is 10.4 Å². The summed E-state index contributed by atoms with van der Waals surface area (Å²) in [6, 6.07) is 12.8. The lowest BCUT2D eigenvalue weighted by Gasteiger charge is -2.15. The molecule has 0 spiro atoms. The molecule has 3 aromatic rings. The molecule has 0 aliphatic rings. The zero-order valence-electron chi connectivity index (χ0n) is 11.7. The van der Waals surface area contributed by atoms with Crippen molar-refractivity contribution in [2.75, 3.05) is 14.2 Å². The van der Waals surface area contributed by atoms with Crippen LogP contribution in [0.4, 0.5) is 0 Å². The van der Waals surface area contributed by atoms with E-state index in [1.54, 1.807) is 25.4 Å². The minimum absolute atomic E-state index is 0.232. The zero-order valence-corrected chi connectivity index (χ0v) is 11.7. The maximum Gasteiger partial charge on any atom is 0.277 e. The normalized spacial score (nSPS) is 10.8. The van der Waals surface area contributed by atoms with Gasteiger partial charge in [-0.15, -0.1) is 0 Å². The first-order valence-corrected chi connectivity index (χ1v) is 6.46. The molecule has 0 saturated heterocycles. The van der Waals surface area contributed by atoms with Crippen molar-refractivity contribution < 1.29 is 14.0 Å². The van der Waals surface area contributed by atoms with Gasteiger partial charge in [0, 0.05) is 12.4 Å². The van der Waals surface area contributed by atoms with Gasteiger partial charge in [-0.25, -0.2) is 10.0 Å². The predicted octanol–water partition coefficient (Wildman–Crippen LogP) is 3.13. The molecule has 0 radical (unpaired) electrons. The second-order valence-corrected chi connectivity index (χ2v) is 4.53. The van der Waals surface area contributed by atoms with Crippen molar-refractivity contribution in [2.24, 2.45) is 0 Å². The van der Waals surface area contributed by atoms with Crippen LogP contribution in [0.25, 0.3) is 22.4 Å². The summed E-state index contributed by atoms with van der Waals surface area (Å²) in [6.07, 6.45) is 1.58. The molecule has 0 atom stereocenters. The van der Waals surface area contributed by atoms with Crippen molar-refractivity contribution in [3.63, 3.8) is 0 Å². The number of carbonyl (C=O) groups excluding carboxylic acids is 1. The molecule has 0 bridgehead atoms. The predicted molar refractivity (Wildman–Crippen MR) is 78.5 cm³/mol. The van der Waals surface area contributed by atoms with Gasteiger partial charge in [-0.3, -0.25) is 9.63 Å². The smallest absolute Gasteiger partial charge is 0.277 e. The number of rotatable bonds is 3. The van der Waals surface area contributed by atoms with Gasteiger partial charge >= 0.3 is 0 Å². The molecule has 21 heavy (non-hydrogen) atoms. The van der Waals surface area contributed by atoms with E-state index in [4.69, 9.17) is 9.25 Å². The summed E-state index contributed by atoms with van der Waals surface area (Å²) in [4.78, 5) is 22.0. The van der Waals surface area contributed by atoms with Crippen LogP contribution in [0.2, 0.25) is 0 Å². The van der Waals surface area contributed by atoms with Crippen LogP contribution in [0, 0.1) is 0 Å². The standard InChI is InChI=1S/C16H14N2O3/c1-18(20-2)16(19)12-10-14(15-8-5-9-21-15)17-13-7-4-3-6-11(12)13/h3-10H,1-2H3. The van der Waals surface area contributed by atoms with Crippen LogP contribution >= 0.6 is 0 Å². The van der Waals surface area contributed by atoms with Crippen molar-refractivity contribution in [3.05, 3.63) is 54.3 Å². The summed E-state index contributed by atoms with van der Waals surface area (Å²) < 4.78 is 5.37. The second kappa shape index (κ2) is 5.38. The number of carbonyl (C=O) groups is 1. The minimum Gasteiger partial charge on any atom is -0.463 e. The summed E-state index contributed by atoms with van der Waals surface area (Å²) in [5.41, 5.74) is 1.88. The molecule has 2 heterocycles. The van der Waals surface area contributed by atoms with Gasteiger partial charge in [0.15, 0.2) is 5.76 Å². The summed E-state index contributed by atoms with van der Waals surface area (Å²) in [5, 5.41) is 1.97. The lowest BCUT2D eigenvalue weighted by atomic mass is 10.1. The highest BCUT2D eigenvalue weighted by Crippen LogP contribution is 2.25. The number of aromatic nitrogens is 1. The Bertz CT molecular complexity index is 781. The Kier molecular flexibility index (Phi) is 3.41. The molecule has 0 aliphatic carbocycles. The average molecular weight is 282 g/mol. The number of nitrogens with zero attached hydrogens (tertiary/aromatic N) is 2. The van der Waals surface area contributed by atoms with Crippen LogP contribution in [0.3, 0.4) is 0 Å².